The Morgan fingerprint density at radius 3 is 2.70 bits per heavy atom. The fourth-order valence-corrected chi connectivity index (χ4v) is 3.26. The van der Waals surface area contributed by atoms with Crippen molar-refractivity contribution in [1.82, 2.24) is 4.57 Å². The van der Waals surface area contributed by atoms with Gasteiger partial charge in [0, 0.05) is 11.3 Å². The highest BCUT2D eigenvalue weighted by Gasteiger charge is 2.26. The third-order valence-electron chi connectivity index (χ3n) is 3.34. The molecule has 0 spiro atoms. The zero-order chi connectivity index (χ0) is 14.4. The van der Waals surface area contributed by atoms with Crippen LogP contribution in [0.15, 0.2) is 35.1 Å². The third-order valence-corrected chi connectivity index (χ3v) is 4.37. The molecule has 0 fully saturated rings. The fraction of sp³-hybridized carbons (Fsp3) is 0.143. The molecule has 0 bridgehead atoms. The number of nitrogens with zero attached hydrogens (tertiary/aromatic N) is 1. The van der Waals surface area contributed by atoms with Crippen LogP contribution in [0.25, 0.3) is 5.70 Å². The molecule has 20 heavy (non-hydrogen) atoms. The van der Waals surface area contributed by atoms with Crippen LogP contribution in [0.5, 0.6) is 0 Å². The van der Waals surface area contributed by atoms with E-state index < -0.39 is 12.1 Å². The van der Waals surface area contributed by atoms with E-state index in [1.54, 1.807) is 25.1 Å². The highest BCUT2D eigenvalue weighted by Crippen LogP contribution is 2.35. The molecule has 1 aromatic heterocycles. The molecule has 0 radical (unpaired) electrons. The van der Waals surface area contributed by atoms with Crippen LogP contribution in [0, 0.1) is 6.92 Å². The number of hydrogen-bond donors (Lipinski definition) is 2. The number of carboxylic acids is 1. The third kappa shape index (κ3) is 1.73. The van der Waals surface area contributed by atoms with Crippen LogP contribution in [-0.4, -0.2) is 20.7 Å². The molecule has 1 aliphatic carbocycles. The number of carbonyl (C=O) groups is 1. The molecule has 1 aromatic carbocycles. The van der Waals surface area contributed by atoms with E-state index in [1.807, 2.05) is 12.1 Å². The Hall–Kier alpha value is -2.18. The number of hydrogen-bond acceptors (Lipinski definition) is 4. The Morgan fingerprint density at radius 1 is 1.35 bits per heavy atom. The van der Waals surface area contributed by atoms with Crippen molar-refractivity contribution >= 4 is 23.0 Å². The van der Waals surface area contributed by atoms with Crippen LogP contribution in [0.2, 0.25) is 0 Å². The van der Waals surface area contributed by atoms with E-state index in [0.717, 1.165) is 11.1 Å². The number of rotatable bonds is 2. The second kappa shape index (κ2) is 4.43. The average molecular weight is 289 g/mol. The van der Waals surface area contributed by atoms with Gasteiger partial charge in [0.15, 0.2) is 0 Å². The molecule has 1 unspecified atom stereocenters. The Balaban J connectivity index is 2.24. The van der Waals surface area contributed by atoms with Gasteiger partial charge in [-0.25, -0.2) is 4.79 Å². The van der Waals surface area contributed by atoms with Crippen molar-refractivity contribution in [1.29, 1.82) is 0 Å². The molecule has 1 heterocycles. The summed E-state index contributed by atoms with van der Waals surface area (Å²) in [6.07, 6.45) is 0.790. The standard InChI is InChI=1S/C14H11NO4S/c1-7-12(13(17)18)20-14(19)15(7)10-6-11(16)9-5-3-2-4-8(9)10/h2-6,11,16H,1H3,(H,17,18). The van der Waals surface area contributed by atoms with Gasteiger partial charge in [0.05, 0.1) is 5.70 Å². The summed E-state index contributed by atoms with van der Waals surface area (Å²) in [7, 11) is 0. The van der Waals surface area contributed by atoms with Crippen LogP contribution >= 0.6 is 11.3 Å². The first-order valence-electron chi connectivity index (χ1n) is 5.96. The molecular weight excluding hydrogens is 278 g/mol. The molecule has 6 heteroatoms. The van der Waals surface area contributed by atoms with E-state index in [-0.39, 0.29) is 9.75 Å². The monoisotopic (exact) mass is 289 g/mol. The van der Waals surface area contributed by atoms with Gasteiger partial charge in [-0.2, -0.15) is 0 Å². The second-order valence-electron chi connectivity index (χ2n) is 4.51. The zero-order valence-corrected chi connectivity index (χ0v) is 11.3. The number of fused-ring (bicyclic) bond motifs is 1. The molecule has 2 aromatic rings. The van der Waals surface area contributed by atoms with Crippen molar-refractivity contribution in [2.45, 2.75) is 13.0 Å². The van der Waals surface area contributed by atoms with E-state index in [1.165, 1.54) is 4.57 Å². The number of benzene rings is 1. The van der Waals surface area contributed by atoms with Crippen LogP contribution in [0.3, 0.4) is 0 Å². The lowest BCUT2D eigenvalue weighted by molar-refractivity contribution is 0.0701. The lowest BCUT2D eigenvalue weighted by atomic mass is 10.1. The summed E-state index contributed by atoms with van der Waals surface area (Å²) in [6, 6.07) is 7.22. The molecule has 1 aliphatic rings. The zero-order valence-electron chi connectivity index (χ0n) is 10.5. The average Bonchev–Trinajstić information content (AvgIpc) is 2.88. The molecular formula is C14H11NO4S. The Morgan fingerprint density at radius 2 is 2.05 bits per heavy atom. The molecule has 0 amide bonds. The normalized spacial score (nSPS) is 16.9. The van der Waals surface area contributed by atoms with E-state index in [0.29, 0.717) is 22.7 Å². The van der Waals surface area contributed by atoms with Crippen LogP contribution in [-0.2, 0) is 0 Å². The predicted molar refractivity (Wildman–Crippen MR) is 75.1 cm³/mol. The summed E-state index contributed by atoms with van der Waals surface area (Å²) in [5.41, 5.74) is 2.39. The van der Waals surface area contributed by atoms with Crippen molar-refractivity contribution in [3.8, 4) is 0 Å². The van der Waals surface area contributed by atoms with Gasteiger partial charge < -0.3 is 10.2 Å². The lowest BCUT2D eigenvalue weighted by Gasteiger charge is -2.08. The summed E-state index contributed by atoms with van der Waals surface area (Å²) in [5.74, 6) is -1.12. The largest absolute Gasteiger partial charge is 0.477 e. The smallest absolute Gasteiger partial charge is 0.347 e. The Bertz CT molecular complexity index is 800. The van der Waals surface area contributed by atoms with Crippen molar-refractivity contribution in [3.05, 3.63) is 61.7 Å². The maximum absolute atomic E-state index is 12.1. The van der Waals surface area contributed by atoms with Gasteiger partial charge in [-0.15, -0.1) is 0 Å². The number of aromatic nitrogens is 1. The summed E-state index contributed by atoms with van der Waals surface area (Å²) in [4.78, 5) is 22.8. The molecule has 2 N–H and O–H groups in total. The van der Waals surface area contributed by atoms with Gasteiger partial charge in [0.1, 0.15) is 11.0 Å². The minimum atomic E-state index is -1.12. The molecule has 3 rings (SSSR count). The van der Waals surface area contributed by atoms with E-state index >= 15 is 0 Å². The van der Waals surface area contributed by atoms with Crippen molar-refractivity contribution in [3.63, 3.8) is 0 Å². The molecule has 0 saturated heterocycles. The van der Waals surface area contributed by atoms with Crippen molar-refractivity contribution in [2.75, 3.05) is 0 Å². The fourth-order valence-electron chi connectivity index (χ4n) is 2.43. The SMILES string of the molecule is Cc1c(C(=O)O)sc(=O)n1C1=CC(O)c2ccccc21. The lowest BCUT2D eigenvalue weighted by Crippen LogP contribution is -2.14. The quantitative estimate of drug-likeness (QED) is 0.884. The van der Waals surface area contributed by atoms with E-state index in [4.69, 9.17) is 5.11 Å². The Kier molecular flexibility index (Phi) is 2.84. The summed E-state index contributed by atoms with van der Waals surface area (Å²) < 4.78 is 1.35. The highest BCUT2D eigenvalue weighted by molar-refractivity contribution is 7.11. The first kappa shape index (κ1) is 12.8. The van der Waals surface area contributed by atoms with Gasteiger partial charge in [0.2, 0.25) is 0 Å². The number of thiazole rings is 1. The second-order valence-corrected chi connectivity index (χ2v) is 5.47. The van der Waals surface area contributed by atoms with Gasteiger partial charge in [-0.1, -0.05) is 35.6 Å². The van der Waals surface area contributed by atoms with Gasteiger partial charge >= 0.3 is 10.8 Å². The van der Waals surface area contributed by atoms with E-state index in [2.05, 4.69) is 0 Å². The maximum atomic E-state index is 12.1. The van der Waals surface area contributed by atoms with Gasteiger partial charge in [-0.05, 0) is 18.6 Å². The van der Waals surface area contributed by atoms with Gasteiger partial charge in [-0.3, -0.25) is 9.36 Å². The van der Waals surface area contributed by atoms with Crippen LogP contribution in [0.4, 0.5) is 0 Å². The molecule has 0 saturated carbocycles. The van der Waals surface area contributed by atoms with E-state index in [9.17, 15) is 14.7 Å². The molecule has 102 valence electrons. The molecule has 1 atom stereocenters. The number of carboxylic acid groups (broad SMARTS) is 1. The van der Waals surface area contributed by atoms with Crippen LogP contribution in [0.1, 0.15) is 32.6 Å². The minimum Gasteiger partial charge on any atom is -0.477 e. The number of aliphatic hydroxyl groups is 1. The van der Waals surface area contributed by atoms with Crippen molar-refractivity contribution in [2.24, 2.45) is 0 Å². The Labute approximate surface area is 118 Å². The summed E-state index contributed by atoms with van der Waals surface area (Å²) in [6.45, 7) is 1.59. The summed E-state index contributed by atoms with van der Waals surface area (Å²) >= 11 is 0.697. The molecule has 5 nitrogen and oxygen atoms in total. The number of aliphatic hydroxyl groups excluding tert-OH is 1. The first-order valence-corrected chi connectivity index (χ1v) is 6.77. The van der Waals surface area contributed by atoms with Crippen LogP contribution < -0.4 is 4.87 Å². The maximum Gasteiger partial charge on any atom is 0.347 e. The topological polar surface area (TPSA) is 79.5 Å². The van der Waals surface area contributed by atoms with Gasteiger partial charge in [0.25, 0.3) is 0 Å². The highest BCUT2D eigenvalue weighted by atomic mass is 32.1. The first-order chi connectivity index (χ1) is 9.50. The number of aromatic carboxylic acids is 1. The minimum absolute atomic E-state index is 0.0229. The molecule has 0 aliphatic heterocycles. The predicted octanol–water partition coefficient (Wildman–Crippen LogP) is 1.85. The summed E-state index contributed by atoms with van der Waals surface area (Å²) in [5, 5.41) is 19.1. The van der Waals surface area contributed by atoms with Crippen molar-refractivity contribution < 1.29 is 15.0 Å².